The first-order valence-electron chi connectivity index (χ1n) is 9.00. The Hall–Kier alpha value is -3.29. The number of nitrogens with zero attached hydrogens (tertiary/aromatic N) is 3. The number of ether oxygens (including phenoxy) is 2. The number of carbonyl (C=O) groups is 1. The van der Waals surface area contributed by atoms with Crippen LogP contribution in [0.2, 0.25) is 0 Å². The van der Waals surface area contributed by atoms with Gasteiger partial charge in [-0.1, -0.05) is 0 Å². The van der Waals surface area contributed by atoms with Gasteiger partial charge < -0.3 is 19.8 Å². The quantitative estimate of drug-likeness (QED) is 0.727. The third kappa shape index (κ3) is 2.73. The summed E-state index contributed by atoms with van der Waals surface area (Å²) >= 11 is 0. The van der Waals surface area contributed by atoms with Gasteiger partial charge >= 0.3 is 0 Å². The average molecular weight is 365 g/mol. The summed E-state index contributed by atoms with van der Waals surface area (Å²) in [4.78, 5) is 20.6. The van der Waals surface area contributed by atoms with Crippen LogP contribution in [0.4, 0.5) is 5.82 Å². The number of fused-ring (bicyclic) bond motifs is 4. The molecule has 0 atom stereocenters. The molecule has 0 radical (unpaired) electrons. The third-order valence-corrected chi connectivity index (χ3v) is 4.87. The maximum Gasteiger partial charge on any atom is 0.259 e. The van der Waals surface area contributed by atoms with E-state index in [1.165, 1.54) is 5.56 Å². The highest BCUT2D eigenvalue weighted by atomic mass is 16.6. The number of aromatic amines is 1. The largest absolute Gasteiger partial charge is 0.484 e. The minimum atomic E-state index is -0.227. The smallest absolute Gasteiger partial charge is 0.259 e. The molecule has 3 aromatic rings. The summed E-state index contributed by atoms with van der Waals surface area (Å²) in [5.74, 6) is 1.19. The summed E-state index contributed by atoms with van der Waals surface area (Å²) in [5.41, 5.74) is 4.56. The van der Waals surface area contributed by atoms with Crippen LogP contribution in [-0.2, 0) is 19.9 Å². The molecule has 0 saturated heterocycles. The second kappa shape index (κ2) is 6.15. The van der Waals surface area contributed by atoms with Gasteiger partial charge in [-0.05, 0) is 37.0 Å². The third-order valence-electron chi connectivity index (χ3n) is 4.87. The first kappa shape index (κ1) is 15.9. The van der Waals surface area contributed by atoms with Gasteiger partial charge in [-0.2, -0.15) is 10.1 Å². The minimum absolute atomic E-state index is 0.227. The van der Waals surface area contributed by atoms with Crippen molar-refractivity contribution in [1.29, 1.82) is 0 Å². The Balaban J connectivity index is 1.48. The van der Waals surface area contributed by atoms with Crippen LogP contribution >= 0.6 is 0 Å². The van der Waals surface area contributed by atoms with Gasteiger partial charge in [0.25, 0.3) is 11.8 Å². The van der Waals surface area contributed by atoms with Crippen LogP contribution in [0, 0.1) is 0 Å². The molecule has 2 N–H and O–H groups in total. The second-order valence-electron chi connectivity index (χ2n) is 6.74. The van der Waals surface area contributed by atoms with E-state index in [1.54, 1.807) is 23.0 Å². The number of carbonyl (C=O) groups excluding carboxylic acids is 1. The van der Waals surface area contributed by atoms with Crippen molar-refractivity contribution >= 4 is 11.7 Å². The Labute approximate surface area is 155 Å². The summed E-state index contributed by atoms with van der Waals surface area (Å²) in [6.07, 6.45) is 6.65. The lowest BCUT2D eigenvalue weighted by Crippen LogP contribution is -2.18. The van der Waals surface area contributed by atoms with Crippen molar-refractivity contribution in [2.24, 2.45) is 7.05 Å². The first-order chi connectivity index (χ1) is 13.2. The van der Waals surface area contributed by atoms with Gasteiger partial charge in [-0.25, -0.2) is 0 Å². The van der Waals surface area contributed by atoms with Crippen LogP contribution in [0.15, 0.2) is 24.5 Å². The number of amides is 1. The molecule has 5 rings (SSSR count). The maximum absolute atomic E-state index is 13.0. The van der Waals surface area contributed by atoms with E-state index in [0.717, 1.165) is 36.2 Å². The lowest BCUT2D eigenvalue weighted by atomic mass is 10.0. The van der Waals surface area contributed by atoms with E-state index in [1.807, 2.05) is 13.2 Å². The fraction of sp³-hybridized carbons (Fsp3) is 0.316. The van der Waals surface area contributed by atoms with E-state index < -0.39 is 0 Å². The molecule has 1 aliphatic carbocycles. The van der Waals surface area contributed by atoms with Gasteiger partial charge in [0.2, 0.25) is 0 Å². The summed E-state index contributed by atoms with van der Waals surface area (Å²) in [6, 6.07) is 3.47. The molecule has 27 heavy (non-hydrogen) atoms. The predicted molar refractivity (Wildman–Crippen MR) is 98.2 cm³/mol. The zero-order chi connectivity index (χ0) is 18.4. The van der Waals surface area contributed by atoms with E-state index in [-0.39, 0.29) is 5.91 Å². The highest BCUT2D eigenvalue weighted by Gasteiger charge is 2.26. The molecule has 3 aromatic heterocycles. The zero-order valence-electron chi connectivity index (χ0n) is 14.9. The molecule has 8 nitrogen and oxygen atoms in total. The van der Waals surface area contributed by atoms with E-state index >= 15 is 0 Å². The van der Waals surface area contributed by atoms with Crippen LogP contribution in [-0.4, -0.2) is 38.9 Å². The zero-order valence-corrected chi connectivity index (χ0v) is 14.9. The summed E-state index contributed by atoms with van der Waals surface area (Å²) < 4.78 is 12.8. The van der Waals surface area contributed by atoms with E-state index in [2.05, 4.69) is 20.4 Å². The van der Waals surface area contributed by atoms with Gasteiger partial charge in [0.05, 0.1) is 11.3 Å². The predicted octanol–water partition coefficient (Wildman–Crippen LogP) is 2.32. The number of nitrogens with one attached hydrogen (secondary N) is 2. The lowest BCUT2D eigenvalue weighted by molar-refractivity contribution is 0.102. The number of pyridine rings is 1. The molecule has 8 heteroatoms. The normalized spacial score (nSPS) is 14.9. The first-order valence-corrected chi connectivity index (χ1v) is 9.00. The van der Waals surface area contributed by atoms with Crippen molar-refractivity contribution in [3.05, 3.63) is 41.3 Å². The molecule has 0 spiro atoms. The Morgan fingerprint density at radius 1 is 1.26 bits per heavy atom. The Morgan fingerprint density at radius 2 is 2.15 bits per heavy atom. The van der Waals surface area contributed by atoms with Crippen LogP contribution in [0.25, 0.3) is 11.3 Å². The summed E-state index contributed by atoms with van der Waals surface area (Å²) in [6.45, 7) is 0.952. The number of hydrogen-bond acceptors (Lipinski definition) is 5. The molecule has 4 heterocycles. The van der Waals surface area contributed by atoms with E-state index in [0.29, 0.717) is 36.2 Å². The van der Waals surface area contributed by atoms with Gasteiger partial charge in [0.1, 0.15) is 19.0 Å². The lowest BCUT2D eigenvalue weighted by Gasteiger charge is -2.17. The molecule has 0 bridgehead atoms. The number of H-pyrrole nitrogens is 1. The van der Waals surface area contributed by atoms with Gasteiger partial charge in [0, 0.05) is 30.7 Å². The molecule has 0 saturated carbocycles. The molecule has 0 aromatic carbocycles. The molecule has 2 aliphatic rings. The minimum Gasteiger partial charge on any atom is -0.484 e. The fourth-order valence-corrected chi connectivity index (χ4v) is 3.68. The topological polar surface area (TPSA) is 94.1 Å². The van der Waals surface area contributed by atoms with Gasteiger partial charge in [0.15, 0.2) is 5.75 Å². The molecule has 1 aliphatic heterocycles. The average Bonchev–Trinajstić information content (AvgIpc) is 3.21. The number of aromatic nitrogens is 4. The standard InChI is InChI=1S/C19H19N5O3/c1-24-10-11-3-2-4-13-16(17(11)23-24)12(9-20-13)18(25)21-15-6-5-14-19(22-15)27-8-7-26-14/h5-6,9-10,20H,2-4,7-8H2,1H3,(H,21,22,25). The Kier molecular flexibility index (Phi) is 3.63. The van der Waals surface area contributed by atoms with Crippen LogP contribution in [0.3, 0.4) is 0 Å². The van der Waals surface area contributed by atoms with Crippen LogP contribution < -0.4 is 14.8 Å². The molecule has 138 valence electrons. The molecule has 0 fully saturated rings. The van der Waals surface area contributed by atoms with Gasteiger partial charge in [-0.3, -0.25) is 9.48 Å². The summed E-state index contributed by atoms with van der Waals surface area (Å²) in [5, 5.41) is 7.46. The SMILES string of the molecule is Cn1cc2c(n1)-c1c(C(=O)Nc3ccc4c(n3)OCCO4)c[nH]c1CCC2. The Morgan fingerprint density at radius 3 is 3.07 bits per heavy atom. The second-order valence-corrected chi connectivity index (χ2v) is 6.74. The monoisotopic (exact) mass is 365 g/mol. The number of rotatable bonds is 2. The van der Waals surface area contributed by atoms with E-state index in [9.17, 15) is 4.79 Å². The number of aryl methyl sites for hydroxylation is 3. The van der Waals surface area contributed by atoms with Gasteiger partial charge in [-0.15, -0.1) is 0 Å². The Bertz CT molecular complexity index is 1040. The van der Waals surface area contributed by atoms with Crippen molar-refractivity contribution in [3.8, 4) is 22.9 Å². The van der Waals surface area contributed by atoms with Crippen molar-refractivity contribution in [1.82, 2.24) is 19.7 Å². The molecular weight excluding hydrogens is 346 g/mol. The molecule has 1 amide bonds. The summed E-state index contributed by atoms with van der Waals surface area (Å²) in [7, 11) is 1.90. The highest BCUT2D eigenvalue weighted by molar-refractivity contribution is 6.08. The highest BCUT2D eigenvalue weighted by Crippen LogP contribution is 2.34. The van der Waals surface area contributed by atoms with E-state index in [4.69, 9.17) is 9.47 Å². The van der Waals surface area contributed by atoms with Crippen molar-refractivity contribution in [3.63, 3.8) is 0 Å². The molecule has 0 unspecified atom stereocenters. The van der Waals surface area contributed by atoms with Crippen molar-refractivity contribution in [2.75, 3.05) is 18.5 Å². The maximum atomic E-state index is 13.0. The van der Waals surface area contributed by atoms with Crippen LogP contribution in [0.5, 0.6) is 11.6 Å². The number of anilines is 1. The molecular formula is C19H19N5O3. The van der Waals surface area contributed by atoms with Crippen molar-refractivity contribution in [2.45, 2.75) is 19.3 Å². The van der Waals surface area contributed by atoms with Crippen molar-refractivity contribution < 1.29 is 14.3 Å². The fourth-order valence-electron chi connectivity index (χ4n) is 3.68. The number of hydrogen-bond donors (Lipinski definition) is 2. The van der Waals surface area contributed by atoms with Crippen LogP contribution in [0.1, 0.15) is 28.0 Å².